The van der Waals surface area contributed by atoms with Crippen molar-refractivity contribution in [2.75, 3.05) is 6.54 Å². The van der Waals surface area contributed by atoms with Crippen LogP contribution in [-0.2, 0) is 15.0 Å². The molecule has 0 radical (unpaired) electrons. The number of rotatable bonds is 4. The van der Waals surface area contributed by atoms with Gasteiger partial charge in [0, 0.05) is 0 Å². The van der Waals surface area contributed by atoms with E-state index in [9.17, 15) is 9.59 Å². The van der Waals surface area contributed by atoms with Gasteiger partial charge in [-0.05, 0) is 19.4 Å². The summed E-state index contributed by atoms with van der Waals surface area (Å²) in [6.45, 7) is 3.17. The Balaban J connectivity index is 2.78. The van der Waals surface area contributed by atoms with Crippen molar-refractivity contribution in [2.45, 2.75) is 19.3 Å². The Hall–Kier alpha value is -1.84. The van der Waals surface area contributed by atoms with Gasteiger partial charge in [-0.2, -0.15) is 0 Å². The lowest BCUT2D eigenvalue weighted by molar-refractivity contribution is -0.138. The number of hydrogen-bond donors (Lipinski definition) is 2. The van der Waals surface area contributed by atoms with Crippen LogP contribution in [0.1, 0.15) is 19.4 Å². The molecule has 0 saturated heterocycles. The van der Waals surface area contributed by atoms with Gasteiger partial charge in [-0.1, -0.05) is 30.3 Å². The first kappa shape index (κ1) is 12.2. The second-order valence-corrected chi connectivity index (χ2v) is 4.07. The molecule has 0 aromatic heterocycles. The van der Waals surface area contributed by atoms with Gasteiger partial charge in [-0.3, -0.25) is 9.59 Å². The fraction of sp³-hybridized carbons (Fsp3) is 0.333. The molecule has 1 aromatic rings. The molecule has 0 spiro atoms. The fourth-order valence-electron chi connectivity index (χ4n) is 1.36. The Morgan fingerprint density at radius 2 is 1.81 bits per heavy atom. The predicted octanol–water partition coefficient (Wildman–Crippen LogP) is 1.16. The SMILES string of the molecule is CC(C)(C(=O)NCC(=O)O)c1ccccc1. The van der Waals surface area contributed by atoms with Crippen LogP contribution in [0.2, 0.25) is 0 Å². The molecular weight excluding hydrogens is 206 g/mol. The van der Waals surface area contributed by atoms with Crippen LogP contribution in [0.3, 0.4) is 0 Å². The van der Waals surface area contributed by atoms with Gasteiger partial charge in [0.1, 0.15) is 6.54 Å². The van der Waals surface area contributed by atoms with E-state index in [0.29, 0.717) is 0 Å². The van der Waals surface area contributed by atoms with Gasteiger partial charge in [-0.25, -0.2) is 0 Å². The number of hydrogen-bond acceptors (Lipinski definition) is 2. The maximum absolute atomic E-state index is 11.8. The van der Waals surface area contributed by atoms with E-state index in [1.54, 1.807) is 13.8 Å². The van der Waals surface area contributed by atoms with E-state index in [2.05, 4.69) is 5.32 Å². The Bertz CT molecular complexity index is 385. The van der Waals surface area contributed by atoms with Crippen molar-refractivity contribution in [3.8, 4) is 0 Å². The number of carbonyl (C=O) groups excluding carboxylic acids is 1. The van der Waals surface area contributed by atoms with Gasteiger partial charge >= 0.3 is 5.97 Å². The van der Waals surface area contributed by atoms with Crippen LogP contribution >= 0.6 is 0 Å². The maximum atomic E-state index is 11.8. The Morgan fingerprint density at radius 3 is 2.31 bits per heavy atom. The summed E-state index contributed by atoms with van der Waals surface area (Å²) in [7, 11) is 0. The quantitative estimate of drug-likeness (QED) is 0.802. The van der Waals surface area contributed by atoms with Crippen molar-refractivity contribution in [1.82, 2.24) is 5.32 Å². The third kappa shape index (κ3) is 2.82. The van der Waals surface area contributed by atoms with Crippen molar-refractivity contribution >= 4 is 11.9 Å². The Kier molecular flexibility index (Phi) is 3.66. The molecule has 2 N–H and O–H groups in total. The molecule has 0 atom stereocenters. The van der Waals surface area contributed by atoms with Crippen LogP contribution < -0.4 is 5.32 Å². The summed E-state index contributed by atoms with van der Waals surface area (Å²) in [4.78, 5) is 22.1. The van der Waals surface area contributed by atoms with Gasteiger partial charge in [0.15, 0.2) is 0 Å². The van der Waals surface area contributed by atoms with Gasteiger partial charge in [0.25, 0.3) is 0 Å². The minimum Gasteiger partial charge on any atom is -0.480 e. The molecule has 4 heteroatoms. The van der Waals surface area contributed by atoms with Crippen LogP contribution in [0, 0.1) is 0 Å². The van der Waals surface area contributed by atoms with E-state index < -0.39 is 11.4 Å². The fourth-order valence-corrected chi connectivity index (χ4v) is 1.36. The highest BCUT2D eigenvalue weighted by molar-refractivity contribution is 5.89. The second kappa shape index (κ2) is 4.79. The van der Waals surface area contributed by atoms with Gasteiger partial charge < -0.3 is 10.4 Å². The van der Waals surface area contributed by atoms with Crippen LogP contribution in [0.5, 0.6) is 0 Å². The van der Waals surface area contributed by atoms with Crippen molar-refractivity contribution in [1.29, 1.82) is 0 Å². The highest BCUT2D eigenvalue weighted by atomic mass is 16.4. The summed E-state index contributed by atoms with van der Waals surface area (Å²) in [6.07, 6.45) is 0. The molecule has 4 nitrogen and oxygen atoms in total. The van der Waals surface area contributed by atoms with Crippen LogP contribution in [-0.4, -0.2) is 23.5 Å². The van der Waals surface area contributed by atoms with Crippen LogP contribution in [0.4, 0.5) is 0 Å². The summed E-state index contributed by atoms with van der Waals surface area (Å²) in [5, 5.41) is 10.9. The lowest BCUT2D eigenvalue weighted by Crippen LogP contribution is -2.42. The number of nitrogens with one attached hydrogen (secondary N) is 1. The van der Waals surface area contributed by atoms with Crippen LogP contribution in [0.25, 0.3) is 0 Å². The summed E-state index contributed by atoms with van der Waals surface area (Å²) in [6, 6.07) is 9.26. The molecule has 16 heavy (non-hydrogen) atoms. The van der Waals surface area contributed by atoms with E-state index in [0.717, 1.165) is 5.56 Å². The molecule has 0 saturated carbocycles. The third-order valence-corrected chi connectivity index (χ3v) is 2.46. The summed E-state index contributed by atoms with van der Waals surface area (Å²) < 4.78 is 0. The monoisotopic (exact) mass is 221 g/mol. The number of amides is 1. The molecule has 1 aromatic carbocycles. The minimum absolute atomic E-state index is 0.291. The van der Waals surface area contributed by atoms with E-state index in [1.165, 1.54) is 0 Å². The first-order valence-electron chi connectivity index (χ1n) is 5.00. The van der Waals surface area contributed by atoms with Gasteiger partial charge in [0.05, 0.1) is 5.41 Å². The van der Waals surface area contributed by atoms with Crippen molar-refractivity contribution < 1.29 is 14.7 Å². The maximum Gasteiger partial charge on any atom is 0.322 e. The molecule has 0 unspecified atom stereocenters. The minimum atomic E-state index is -1.04. The highest BCUT2D eigenvalue weighted by Crippen LogP contribution is 2.22. The summed E-state index contributed by atoms with van der Waals surface area (Å²) in [5.74, 6) is -1.33. The number of carboxylic acids is 1. The summed E-state index contributed by atoms with van der Waals surface area (Å²) >= 11 is 0. The molecule has 1 rings (SSSR count). The highest BCUT2D eigenvalue weighted by Gasteiger charge is 2.29. The number of benzene rings is 1. The first-order chi connectivity index (χ1) is 7.44. The topological polar surface area (TPSA) is 66.4 Å². The molecular formula is C12H15NO3. The Labute approximate surface area is 94.3 Å². The molecule has 1 amide bonds. The smallest absolute Gasteiger partial charge is 0.322 e. The summed E-state index contributed by atoms with van der Waals surface area (Å²) in [5.41, 5.74) is 0.134. The van der Waals surface area contributed by atoms with E-state index in [-0.39, 0.29) is 12.5 Å². The molecule has 86 valence electrons. The largest absolute Gasteiger partial charge is 0.480 e. The number of aliphatic carboxylic acids is 1. The van der Waals surface area contributed by atoms with E-state index in [4.69, 9.17) is 5.11 Å². The zero-order valence-electron chi connectivity index (χ0n) is 9.36. The van der Waals surface area contributed by atoms with Gasteiger partial charge in [-0.15, -0.1) is 0 Å². The average molecular weight is 221 g/mol. The molecule has 0 fully saturated rings. The van der Waals surface area contributed by atoms with Gasteiger partial charge in [0.2, 0.25) is 5.91 Å². The Morgan fingerprint density at radius 1 is 1.25 bits per heavy atom. The molecule has 0 aliphatic rings. The molecule has 0 aliphatic carbocycles. The van der Waals surface area contributed by atoms with E-state index in [1.807, 2.05) is 30.3 Å². The normalized spacial score (nSPS) is 10.9. The molecule has 0 bridgehead atoms. The first-order valence-corrected chi connectivity index (χ1v) is 5.00. The average Bonchev–Trinajstić information content (AvgIpc) is 2.27. The second-order valence-electron chi connectivity index (χ2n) is 4.07. The zero-order valence-corrected chi connectivity index (χ0v) is 9.36. The molecule has 0 heterocycles. The van der Waals surface area contributed by atoms with Crippen molar-refractivity contribution in [3.63, 3.8) is 0 Å². The van der Waals surface area contributed by atoms with Crippen LogP contribution in [0.15, 0.2) is 30.3 Å². The van der Waals surface area contributed by atoms with Crippen molar-refractivity contribution in [2.24, 2.45) is 0 Å². The lowest BCUT2D eigenvalue weighted by atomic mass is 9.84. The number of carbonyl (C=O) groups is 2. The molecule has 0 aliphatic heterocycles. The van der Waals surface area contributed by atoms with Crippen molar-refractivity contribution in [3.05, 3.63) is 35.9 Å². The third-order valence-electron chi connectivity index (χ3n) is 2.46. The zero-order chi connectivity index (χ0) is 12.2. The standard InChI is InChI=1S/C12H15NO3/c1-12(2,9-6-4-3-5-7-9)11(16)13-8-10(14)15/h3-7H,8H2,1-2H3,(H,13,16)(H,14,15). The van der Waals surface area contributed by atoms with E-state index >= 15 is 0 Å². The number of carboxylic acid groups (broad SMARTS) is 1. The predicted molar refractivity (Wildman–Crippen MR) is 60.1 cm³/mol. The lowest BCUT2D eigenvalue weighted by Gasteiger charge is -2.23.